The first-order valence-corrected chi connectivity index (χ1v) is 9.29. The van der Waals surface area contributed by atoms with Gasteiger partial charge in [-0.15, -0.1) is 0 Å². The molecule has 10 heteroatoms. The molecule has 154 valence electrons. The summed E-state index contributed by atoms with van der Waals surface area (Å²) in [5.74, 6) is -1.53. The van der Waals surface area contributed by atoms with Gasteiger partial charge in [0.25, 0.3) is 0 Å². The number of benzene rings is 1. The Kier molecular flexibility index (Phi) is 10.3. The molecule has 1 aromatic rings. The molecule has 0 radical (unpaired) electrons. The molecule has 1 rings (SSSR count). The summed E-state index contributed by atoms with van der Waals surface area (Å²) in [5.41, 5.74) is 0.444. The lowest BCUT2D eigenvalue weighted by Gasteiger charge is -2.18. The lowest BCUT2D eigenvalue weighted by Crippen LogP contribution is -2.43. The van der Waals surface area contributed by atoms with E-state index in [1.165, 1.54) is 19.1 Å². The number of unbranched alkanes of at least 4 members (excludes halogenated alkanes) is 1. The van der Waals surface area contributed by atoms with E-state index in [2.05, 4.69) is 21.3 Å². The van der Waals surface area contributed by atoms with Gasteiger partial charge in [-0.2, -0.15) is 0 Å². The van der Waals surface area contributed by atoms with E-state index in [-0.39, 0.29) is 30.5 Å². The summed E-state index contributed by atoms with van der Waals surface area (Å²) in [4.78, 5) is 34.2. The largest absolute Gasteiger partial charge is 0.508 e. The highest BCUT2D eigenvalue weighted by Gasteiger charge is 2.19. The zero-order valence-corrected chi connectivity index (χ0v) is 16.5. The van der Waals surface area contributed by atoms with Gasteiger partial charge in [0.15, 0.2) is 5.11 Å². The van der Waals surface area contributed by atoms with Crippen molar-refractivity contribution in [2.24, 2.45) is 0 Å². The number of rotatable bonds is 11. The molecule has 0 saturated heterocycles. The number of nitrogens with one attached hydrogen (secondary N) is 4. The normalized spacial score (nSPS) is 11.2. The summed E-state index contributed by atoms with van der Waals surface area (Å²) in [6.07, 6.45) is 1.78. The van der Waals surface area contributed by atoms with Crippen LogP contribution in [0.15, 0.2) is 24.3 Å². The summed E-state index contributed by atoms with van der Waals surface area (Å²) >= 11 is 5.03. The Morgan fingerprint density at radius 3 is 2.50 bits per heavy atom. The summed E-state index contributed by atoms with van der Waals surface area (Å²) < 4.78 is 0. The number of hydrogen-bond donors (Lipinski definition) is 6. The minimum Gasteiger partial charge on any atom is -0.508 e. The molecule has 2 amide bonds. The van der Waals surface area contributed by atoms with Gasteiger partial charge in [0.05, 0.1) is 6.42 Å². The van der Waals surface area contributed by atoms with Crippen molar-refractivity contribution in [1.82, 2.24) is 16.0 Å². The predicted octanol–water partition coefficient (Wildman–Crippen LogP) is 0.944. The number of carbonyl (C=O) groups is 3. The lowest BCUT2D eigenvalue weighted by atomic mass is 10.1. The third-order valence-corrected chi connectivity index (χ3v) is 3.93. The number of anilines is 1. The molecule has 0 heterocycles. The van der Waals surface area contributed by atoms with Crippen LogP contribution in [0, 0.1) is 0 Å². The molecule has 9 nitrogen and oxygen atoms in total. The molecule has 0 aromatic heterocycles. The Morgan fingerprint density at radius 1 is 1.14 bits per heavy atom. The van der Waals surface area contributed by atoms with Crippen LogP contribution in [0.25, 0.3) is 0 Å². The van der Waals surface area contributed by atoms with Crippen molar-refractivity contribution in [2.75, 3.05) is 18.4 Å². The molecule has 0 spiro atoms. The van der Waals surface area contributed by atoms with Crippen molar-refractivity contribution in [1.29, 1.82) is 0 Å². The fraction of sp³-hybridized carbons (Fsp3) is 0.444. The van der Waals surface area contributed by atoms with Gasteiger partial charge in [0.2, 0.25) is 11.8 Å². The maximum Gasteiger partial charge on any atom is 0.305 e. The Labute approximate surface area is 168 Å². The van der Waals surface area contributed by atoms with Crippen LogP contribution in [0.1, 0.15) is 32.6 Å². The van der Waals surface area contributed by atoms with Crippen LogP contribution in [-0.2, 0) is 14.4 Å². The second kappa shape index (κ2) is 12.5. The first-order chi connectivity index (χ1) is 13.3. The van der Waals surface area contributed by atoms with E-state index in [1.54, 1.807) is 12.1 Å². The third kappa shape index (κ3) is 10.3. The van der Waals surface area contributed by atoms with Crippen molar-refractivity contribution in [3.8, 4) is 5.75 Å². The van der Waals surface area contributed by atoms with Crippen molar-refractivity contribution >= 4 is 40.8 Å². The molecule has 6 N–H and O–H groups in total. The maximum atomic E-state index is 12.4. The fourth-order valence-corrected chi connectivity index (χ4v) is 2.55. The molecule has 1 atom stereocenters. The zero-order chi connectivity index (χ0) is 20.9. The van der Waals surface area contributed by atoms with E-state index in [0.29, 0.717) is 36.6 Å². The second-order valence-corrected chi connectivity index (χ2v) is 6.52. The van der Waals surface area contributed by atoms with Crippen LogP contribution in [0.5, 0.6) is 5.75 Å². The molecule has 0 bridgehead atoms. The Bertz CT molecular complexity index is 698. The van der Waals surface area contributed by atoms with E-state index in [4.69, 9.17) is 17.3 Å². The predicted molar refractivity (Wildman–Crippen MR) is 109 cm³/mol. The number of aliphatic carboxylic acids is 1. The summed E-state index contributed by atoms with van der Waals surface area (Å²) in [7, 11) is 0. The number of amides is 2. The summed E-state index contributed by atoms with van der Waals surface area (Å²) in [5, 5.41) is 29.4. The SMILES string of the molecule is CC(=O)N[C@@H](CCCCNC(=S)NCCC(=O)O)C(=O)Nc1cccc(O)c1. The first kappa shape index (κ1) is 23.2. The average molecular weight is 410 g/mol. The Hall–Kier alpha value is -2.88. The third-order valence-electron chi connectivity index (χ3n) is 3.64. The number of carbonyl (C=O) groups excluding carboxylic acids is 2. The molecule has 0 aliphatic rings. The summed E-state index contributed by atoms with van der Waals surface area (Å²) in [6.45, 7) is 2.15. The second-order valence-electron chi connectivity index (χ2n) is 6.11. The molecule has 0 aliphatic carbocycles. The standard InChI is InChI=1S/C18H26N4O5S/c1-12(23)21-15(17(27)22-13-5-4-6-14(24)11-13)7-2-3-9-19-18(28)20-10-8-16(25)26/h4-6,11,15,24H,2-3,7-10H2,1H3,(H,21,23)(H,22,27)(H,25,26)(H2,19,20,28)/t15-/m0/s1. The smallest absolute Gasteiger partial charge is 0.305 e. The van der Waals surface area contributed by atoms with E-state index in [1.807, 2.05) is 0 Å². The molecule has 1 aromatic carbocycles. The zero-order valence-electron chi connectivity index (χ0n) is 15.7. The number of thiocarbonyl (C=S) groups is 1. The van der Waals surface area contributed by atoms with E-state index in [9.17, 15) is 19.5 Å². The topological polar surface area (TPSA) is 140 Å². The van der Waals surface area contributed by atoms with Gasteiger partial charge in [0, 0.05) is 31.8 Å². The van der Waals surface area contributed by atoms with Gasteiger partial charge in [-0.05, 0) is 43.6 Å². The highest BCUT2D eigenvalue weighted by atomic mass is 32.1. The molecule has 0 unspecified atom stereocenters. The van der Waals surface area contributed by atoms with Crippen LogP contribution in [-0.4, -0.2) is 52.2 Å². The molecule has 0 fully saturated rings. The lowest BCUT2D eigenvalue weighted by molar-refractivity contribution is -0.136. The van der Waals surface area contributed by atoms with Crippen molar-refractivity contribution in [2.45, 2.75) is 38.6 Å². The van der Waals surface area contributed by atoms with Crippen molar-refractivity contribution in [3.63, 3.8) is 0 Å². The van der Waals surface area contributed by atoms with Crippen molar-refractivity contribution < 1.29 is 24.6 Å². The monoisotopic (exact) mass is 410 g/mol. The number of carboxylic acid groups (broad SMARTS) is 1. The average Bonchev–Trinajstić information content (AvgIpc) is 2.59. The maximum absolute atomic E-state index is 12.4. The number of phenolic OH excluding ortho intramolecular Hbond substituents is 1. The van der Waals surface area contributed by atoms with Crippen molar-refractivity contribution in [3.05, 3.63) is 24.3 Å². The molecular weight excluding hydrogens is 384 g/mol. The van der Waals surface area contributed by atoms with Gasteiger partial charge in [-0.25, -0.2) is 0 Å². The highest BCUT2D eigenvalue weighted by molar-refractivity contribution is 7.80. The number of aromatic hydroxyl groups is 1. The highest BCUT2D eigenvalue weighted by Crippen LogP contribution is 2.16. The molecular formula is C18H26N4O5S. The van der Waals surface area contributed by atoms with E-state index >= 15 is 0 Å². The van der Waals surface area contributed by atoms with Crippen LogP contribution in [0.4, 0.5) is 5.69 Å². The van der Waals surface area contributed by atoms with Crippen LogP contribution < -0.4 is 21.3 Å². The fourth-order valence-electron chi connectivity index (χ4n) is 2.35. The van der Waals surface area contributed by atoms with Crippen LogP contribution >= 0.6 is 12.2 Å². The molecule has 0 aliphatic heterocycles. The van der Waals surface area contributed by atoms with Gasteiger partial charge >= 0.3 is 5.97 Å². The van der Waals surface area contributed by atoms with E-state index < -0.39 is 12.0 Å². The van der Waals surface area contributed by atoms with E-state index in [0.717, 1.165) is 0 Å². The van der Waals surface area contributed by atoms with Gasteiger partial charge in [-0.1, -0.05) is 6.07 Å². The Balaban J connectivity index is 2.37. The Morgan fingerprint density at radius 2 is 1.86 bits per heavy atom. The van der Waals surface area contributed by atoms with Gasteiger partial charge in [-0.3, -0.25) is 14.4 Å². The minimum atomic E-state index is -0.900. The van der Waals surface area contributed by atoms with Crippen LogP contribution in [0.2, 0.25) is 0 Å². The first-order valence-electron chi connectivity index (χ1n) is 8.88. The quantitative estimate of drug-likeness (QED) is 0.234. The number of hydrogen-bond acceptors (Lipinski definition) is 5. The number of carboxylic acids is 1. The molecule has 28 heavy (non-hydrogen) atoms. The number of phenols is 1. The van der Waals surface area contributed by atoms with Gasteiger partial charge < -0.3 is 31.5 Å². The molecule has 0 saturated carbocycles. The van der Waals surface area contributed by atoms with Gasteiger partial charge in [0.1, 0.15) is 11.8 Å². The minimum absolute atomic E-state index is 0.0193. The van der Waals surface area contributed by atoms with Crippen LogP contribution in [0.3, 0.4) is 0 Å². The summed E-state index contributed by atoms with van der Waals surface area (Å²) in [6, 6.07) is 5.47.